The molecule has 1 aromatic rings. The van der Waals surface area contributed by atoms with E-state index < -0.39 is 0 Å². The fraction of sp³-hybridized carbons (Fsp3) is 0.647. The second-order valence-corrected chi connectivity index (χ2v) is 5.65. The number of aliphatic hydroxyl groups is 2. The van der Waals surface area contributed by atoms with Crippen molar-refractivity contribution in [2.45, 2.75) is 46.0 Å². The zero-order valence-electron chi connectivity index (χ0n) is 12.9. The van der Waals surface area contributed by atoms with Gasteiger partial charge in [0.25, 0.3) is 0 Å². The van der Waals surface area contributed by atoms with E-state index in [2.05, 4.69) is 32.9 Å². The first kappa shape index (κ1) is 17.0. The van der Waals surface area contributed by atoms with Crippen molar-refractivity contribution in [3.63, 3.8) is 0 Å². The minimum Gasteiger partial charge on any atom is -0.493 e. The van der Waals surface area contributed by atoms with E-state index in [0.717, 1.165) is 31.6 Å². The third kappa shape index (κ3) is 5.14. The van der Waals surface area contributed by atoms with Crippen LogP contribution < -0.4 is 4.74 Å². The predicted molar refractivity (Wildman–Crippen MR) is 82.3 cm³/mol. The van der Waals surface area contributed by atoms with Crippen molar-refractivity contribution in [3.05, 3.63) is 29.3 Å². The number of benzene rings is 1. The van der Waals surface area contributed by atoms with Crippen molar-refractivity contribution in [3.8, 4) is 5.75 Å². The molecule has 0 aliphatic rings. The van der Waals surface area contributed by atoms with Gasteiger partial charge in [0.2, 0.25) is 0 Å². The lowest BCUT2D eigenvalue weighted by Gasteiger charge is -2.16. The number of aliphatic hydroxyl groups excluding tert-OH is 2. The Kier molecular flexibility index (Phi) is 7.63. The van der Waals surface area contributed by atoms with E-state index in [9.17, 15) is 0 Å². The standard InChI is InChI=1S/C17H28O3/c1-4-9-20-17-8-7-14(10-16(17)13(2)3)5-6-15(11-18)12-19/h7-8,10,13,15,18-19H,4-6,9,11-12H2,1-3H3. The lowest BCUT2D eigenvalue weighted by Crippen LogP contribution is -2.12. The van der Waals surface area contributed by atoms with Crippen LogP contribution in [0.25, 0.3) is 0 Å². The molecule has 1 aromatic carbocycles. The summed E-state index contributed by atoms with van der Waals surface area (Å²) in [7, 11) is 0. The molecule has 0 saturated heterocycles. The van der Waals surface area contributed by atoms with Gasteiger partial charge in [-0.15, -0.1) is 0 Å². The zero-order chi connectivity index (χ0) is 15.0. The van der Waals surface area contributed by atoms with Crippen LogP contribution in [0.15, 0.2) is 18.2 Å². The van der Waals surface area contributed by atoms with Crippen molar-refractivity contribution in [2.24, 2.45) is 5.92 Å². The molecule has 2 N–H and O–H groups in total. The molecule has 0 fully saturated rings. The van der Waals surface area contributed by atoms with Gasteiger partial charge < -0.3 is 14.9 Å². The van der Waals surface area contributed by atoms with E-state index in [1.165, 1.54) is 11.1 Å². The van der Waals surface area contributed by atoms with Crippen LogP contribution in [0.1, 0.15) is 50.7 Å². The summed E-state index contributed by atoms with van der Waals surface area (Å²) in [6, 6.07) is 6.33. The van der Waals surface area contributed by atoms with Crippen LogP contribution >= 0.6 is 0 Å². The van der Waals surface area contributed by atoms with E-state index >= 15 is 0 Å². The van der Waals surface area contributed by atoms with Crippen molar-refractivity contribution in [2.75, 3.05) is 19.8 Å². The summed E-state index contributed by atoms with van der Waals surface area (Å²) < 4.78 is 5.79. The third-order valence-corrected chi connectivity index (χ3v) is 3.52. The van der Waals surface area contributed by atoms with Gasteiger partial charge in [0.05, 0.1) is 6.61 Å². The molecule has 3 nitrogen and oxygen atoms in total. The molecule has 0 bridgehead atoms. The maximum Gasteiger partial charge on any atom is 0.122 e. The van der Waals surface area contributed by atoms with Gasteiger partial charge in [0, 0.05) is 19.1 Å². The lowest BCUT2D eigenvalue weighted by atomic mass is 9.95. The van der Waals surface area contributed by atoms with Gasteiger partial charge in [0.15, 0.2) is 0 Å². The van der Waals surface area contributed by atoms with Crippen LogP contribution in [0.3, 0.4) is 0 Å². The Morgan fingerprint density at radius 3 is 2.40 bits per heavy atom. The Hall–Kier alpha value is -1.06. The molecule has 0 saturated carbocycles. The molecule has 0 aliphatic heterocycles. The van der Waals surface area contributed by atoms with Crippen LogP contribution in [-0.4, -0.2) is 30.0 Å². The molecule has 0 heterocycles. The number of rotatable bonds is 9. The van der Waals surface area contributed by atoms with Gasteiger partial charge in [-0.1, -0.05) is 32.9 Å². The molecule has 20 heavy (non-hydrogen) atoms. The van der Waals surface area contributed by atoms with Gasteiger partial charge >= 0.3 is 0 Å². The van der Waals surface area contributed by atoms with Crippen LogP contribution in [-0.2, 0) is 6.42 Å². The van der Waals surface area contributed by atoms with E-state index in [0.29, 0.717) is 5.92 Å². The van der Waals surface area contributed by atoms with Crippen molar-refractivity contribution >= 4 is 0 Å². The SMILES string of the molecule is CCCOc1ccc(CCC(CO)CO)cc1C(C)C. The maximum atomic E-state index is 9.11. The highest BCUT2D eigenvalue weighted by atomic mass is 16.5. The van der Waals surface area contributed by atoms with Gasteiger partial charge in [-0.3, -0.25) is 0 Å². The number of ether oxygens (including phenoxy) is 1. The topological polar surface area (TPSA) is 49.7 Å². The first-order valence-electron chi connectivity index (χ1n) is 7.59. The van der Waals surface area contributed by atoms with Gasteiger partial charge in [-0.05, 0) is 42.4 Å². The summed E-state index contributed by atoms with van der Waals surface area (Å²) in [5.74, 6) is 1.38. The zero-order valence-corrected chi connectivity index (χ0v) is 12.9. The molecule has 114 valence electrons. The Morgan fingerprint density at radius 2 is 1.85 bits per heavy atom. The fourth-order valence-corrected chi connectivity index (χ4v) is 2.16. The van der Waals surface area contributed by atoms with Crippen LogP contribution in [0.2, 0.25) is 0 Å². The highest BCUT2D eigenvalue weighted by Gasteiger charge is 2.11. The smallest absolute Gasteiger partial charge is 0.122 e. The van der Waals surface area contributed by atoms with Gasteiger partial charge in [-0.25, -0.2) is 0 Å². The molecule has 0 aliphatic carbocycles. The molecule has 0 radical (unpaired) electrons. The number of hydrogen-bond acceptors (Lipinski definition) is 3. The monoisotopic (exact) mass is 280 g/mol. The third-order valence-electron chi connectivity index (χ3n) is 3.52. The number of hydrogen-bond donors (Lipinski definition) is 2. The Morgan fingerprint density at radius 1 is 1.15 bits per heavy atom. The first-order chi connectivity index (χ1) is 9.62. The van der Waals surface area contributed by atoms with Gasteiger partial charge in [0.1, 0.15) is 5.75 Å². The molecule has 0 unspecified atom stereocenters. The van der Waals surface area contributed by atoms with Crippen LogP contribution in [0.4, 0.5) is 0 Å². The molecular formula is C17H28O3. The summed E-state index contributed by atoms with van der Waals surface area (Å²) in [5, 5.41) is 18.2. The molecule has 3 heteroatoms. The van der Waals surface area contributed by atoms with Crippen LogP contribution in [0.5, 0.6) is 5.75 Å². The summed E-state index contributed by atoms with van der Waals surface area (Å²) in [6.45, 7) is 7.28. The van der Waals surface area contributed by atoms with Crippen molar-refractivity contribution in [1.29, 1.82) is 0 Å². The highest BCUT2D eigenvalue weighted by Crippen LogP contribution is 2.28. The maximum absolute atomic E-state index is 9.11. The highest BCUT2D eigenvalue weighted by molar-refractivity contribution is 5.39. The van der Waals surface area contributed by atoms with Crippen LogP contribution in [0, 0.1) is 5.92 Å². The molecular weight excluding hydrogens is 252 g/mol. The van der Waals surface area contributed by atoms with E-state index in [1.54, 1.807) is 0 Å². The summed E-state index contributed by atoms with van der Waals surface area (Å²) in [5.41, 5.74) is 2.48. The largest absolute Gasteiger partial charge is 0.493 e. The average molecular weight is 280 g/mol. The van der Waals surface area contributed by atoms with Gasteiger partial charge in [-0.2, -0.15) is 0 Å². The lowest BCUT2D eigenvalue weighted by molar-refractivity contribution is 0.144. The fourth-order valence-electron chi connectivity index (χ4n) is 2.16. The number of aryl methyl sites for hydroxylation is 1. The van der Waals surface area contributed by atoms with Crippen molar-refractivity contribution < 1.29 is 14.9 Å². The van der Waals surface area contributed by atoms with E-state index in [1.807, 2.05) is 6.07 Å². The molecule has 0 atom stereocenters. The Balaban J connectivity index is 2.76. The predicted octanol–water partition coefficient (Wildman–Crippen LogP) is 3.13. The van der Waals surface area contributed by atoms with Crippen molar-refractivity contribution in [1.82, 2.24) is 0 Å². The molecule has 0 amide bonds. The quantitative estimate of drug-likeness (QED) is 0.730. The summed E-state index contributed by atoms with van der Waals surface area (Å²) >= 11 is 0. The summed E-state index contributed by atoms with van der Waals surface area (Å²) in [4.78, 5) is 0. The second-order valence-electron chi connectivity index (χ2n) is 5.65. The minimum atomic E-state index is -0.0199. The normalized spacial score (nSPS) is 11.3. The van der Waals surface area contributed by atoms with E-state index in [4.69, 9.17) is 14.9 Å². The molecule has 1 rings (SSSR count). The van der Waals surface area contributed by atoms with E-state index in [-0.39, 0.29) is 19.1 Å². The second kappa shape index (κ2) is 8.98. The first-order valence-corrected chi connectivity index (χ1v) is 7.59. The Labute approximate surface area is 122 Å². The summed E-state index contributed by atoms with van der Waals surface area (Å²) in [6.07, 6.45) is 2.69. The average Bonchev–Trinajstić information content (AvgIpc) is 2.46. The molecule has 0 aromatic heterocycles. The Bertz CT molecular complexity index is 384. The molecule has 0 spiro atoms. The minimum absolute atomic E-state index is 0.0199.